The van der Waals surface area contributed by atoms with Crippen molar-refractivity contribution in [2.75, 3.05) is 20.5 Å². The standard InChI is InChI=1S/C10H11FO3S/c1-13-7-5-4-6(10(12)14-2)8(11)9(7)15-3/h4-5H,1-3H3. The van der Waals surface area contributed by atoms with Gasteiger partial charge >= 0.3 is 5.97 Å². The summed E-state index contributed by atoms with van der Waals surface area (Å²) in [5.41, 5.74) is -0.0809. The Morgan fingerprint density at radius 1 is 1.40 bits per heavy atom. The van der Waals surface area contributed by atoms with Crippen LogP contribution >= 0.6 is 11.8 Å². The van der Waals surface area contributed by atoms with E-state index in [9.17, 15) is 9.18 Å². The zero-order valence-corrected chi connectivity index (χ0v) is 9.48. The second kappa shape index (κ2) is 5.02. The summed E-state index contributed by atoms with van der Waals surface area (Å²) >= 11 is 1.18. The van der Waals surface area contributed by atoms with Gasteiger partial charge in [-0.05, 0) is 18.4 Å². The molecule has 0 amide bonds. The molecule has 3 nitrogen and oxygen atoms in total. The average molecular weight is 230 g/mol. The first kappa shape index (κ1) is 11.8. The van der Waals surface area contributed by atoms with Gasteiger partial charge in [0.2, 0.25) is 0 Å². The van der Waals surface area contributed by atoms with Crippen LogP contribution in [0, 0.1) is 5.82 Å². The van der Waals surface area contributed by atoms with Gasteiger partial charge in [-0.15, -0.1) is 11.8 Å². The monoisotopic (exact) mass is 230 g/mol. The number of halogens is 1. The summed E-state index contributed by atoms with van der Waals surface area (Å²) in [7, 11) is 2.66. The maximum atomic E-state index is 13.8. The smallest absolute Gasteiger partial charge is 0.340 e. The molecule has 0 unspecified atom stereocenters. The van der Waals surface area contributed by atoms with Gasteiger partial charge in [0.1, 0.15) is 5.75 Å². The molecule has 0 fully saturated rings. The van der Waals surface area contributed by atoms with Gasteiger partial charge in [0.25, 0.3) is 0 Å². The second-order valence-corrected chi connectivity index (χ2v) is 3.47. The highest BCUT2D eigenvalue weighted by atomic mass is 32.2. The van der Waals surface area contributed by atoms with Gasteiger partial charge in [-0.1, -0.05) is 0 Å². The van der Waals surface area contributed by atoms with Crippen LogP contribution in [0.4, 0.5) is 4.39 Å². The lowest BCUT2D eigenvalue weighted by molar-refractivity contribution is 0.0594. The van der Waals surface area contributed by atoms with E-state index >= 15 is 0 Å². The lowest BCUT2D eigenvalue weighted by Gasteiger charge is -2.09. The summed E-state index contributed by atoms with van der Waals surface area (Å²) in [6.07, 6.45) is 1.71. The fourth-order valence-corrected chi connectivity index (χ4v) is 1.80. The molecule has 0 N–H and O–H groups in total. The Balaban J connectivity index is 3.29. The van der Waals surface area contributed by atoms with Crippen LogP contribution in [-0.2, 0) is 4.74 Å². The molecule has 0 heterocycles. The minimum absolute atomic E-state index is 0.0809. The maximum absolute atomic E-state index is 13.8. The average Bonchev–Trinajstić information content (AvgIpc) is 2.27. The molecule has 82 valence electrons. The Morgan fingerprint density at radius 3 is 2.53 bits per heavy atom. The zero-order chi connectivity index (χ0) is 11.4. The molecule has 5 heteroatoms. The first-order valence-electron chi connectivity index (χ1n) is 4.14. The number of rotatable bonds is 3. The minimum atomic E-state index is -0.689. The molecule has 0 saturated carbocycles. The molecule has 0 aliphatic heterocycles. The van der Waals surface area contributed by atoms with Crippen molar-refractivity contribution in [2.24, 2.45) is 0 Å². The van der Waals surface area contributed by atoms with E-state index in [4.69, 9.17) is 4.74 Å². The number of benzene rings is 1. The molecule has 0 aliphatic rings. The molecule has 1 aromatic carbocycles. The number of thioether (sulfide) groups is 1. The summed E-state index contributed by atoms with van der Waals surface area (Å²) in [6, 6.07) is 2.89. The number of esters is 1. The highest BCUT2D eigenvalue weighted by Crippen LogP contribution is 2.32. The molecule has 0 aliphatic carbocycles. The topological polar surface area (TPSA) is 35.5 Å². The van der Waals surface area contributed by atoms with Crippen molar-refractivity contribution in [1.29, 1.82) is 0 Å². The number of hydrogen-bond donors (Lipinski definition) is 0. The SMILES string of the molecule is COC(=O)c1ccc(OC)c(SC)c1F. The van der Waals surface area contributed by atoms with Crippen LogP contribution in [0.3, 0.4) is 0 Å². The summed E-state index contributed by atoms with van der Waals surface area (Å²) in [6.45, 7) is 0. The van der Waals surface area contributed by atoms with E-state index in [2.05, 4.69) is 4.74 Å². The molecule has 0 atom stereocenters. The minimum Gasteiger partial charge on any atom is -0.495 e. The summed E-state index contributed by atoms with van der Waals surface area (Å²) in [4.78, 5) is 11.5. The zero-order valence-electron chi connectivity index (χ0n) is 8.67. The van der Waals surface area contributed by atoms with E-state index in [-0.39, 0.29) is 5.56 Å². The Kier molecular flexibility index (Phi) is 3.96. The van der Waals surface area contributed by atoms with Crippen LogP contribution in [0.25, 0.3) is 0 Å². The van der Waals surface area contributed by atoms with E-state index in [0.29, 0.717) is 10.6 Å². The molecular formula is C10H11FO3S. The molecule has 1 rings (SSSR count). The van der Waals surface area contributed by atoms with Crippen molar-refractivity contribution in [3.63, 3.8) is 0 Å². The fourth-order valence-electron chi connectivity index (χ4n) is 1.16. The van der Waals surface area contributed by atoms with Crippen LogP contribution < -0.4 is 4.74 Å². The lowest BCUT2D eigenvalue weighted by atomic mass is 10.2. The van der Waals surface area contributed by atoms with Gasteiger partial charge < -0.3 is 9.47 Å². The van der Waals surface area contributed by atoms with Crippen LogP contribution in [0.1, 0.15) is 10.4 Å². The van der Waals surface area contributed by atoms with Gasteiger partial charge in [0.05, 0.1) is 24.7 Å². The van der Waals surface area contributed by atoms with E-state index < -0.39 is 11.8 Å². The summed E-state index contributed by atoms with van der Waals surface area (Å²) in [5, 5.41) is 0. The third-order valence-electron chi connectivity index (χ3n) is 1.89. The third-order valence-corrected chi connectivity index (χ3v) is 2.68. The normalized spacial score (nSPS) is 9.87. The van der Waals surface area contributed by atoms with Gasteiger partial charge in [0.15, 0.2) is 5.82 Å². The quantitative estimate of drug-likeness (QED) is 0.590. The van der Waals surface area contributed by atoms with Gasteiger partial charge in [-0.2, -0.15) is 0 Å². The van der Waals surface area contributed by atoms with Crippen molar-refractivity contribution in [3.8, 4) is 5.75 Å². The van der Waals surface area contributed by atoms with Crippen molar-refractivity contribution in [2.45, 2.75) is 4.90 Å². The first-order chi connectivity index (χ1) is 7.15. The largest absolute Gasteiger partial charge is 0.495 e. The Morgan fingerprint density at radius 2 is 2.07 bits per heavy atom. The molecule has 0 spiro atoms. The number of carbonyl (C=O) groups excluding carboxylic acids is 1. The Labute approximate surface area is 91.6 Å². The Hall–Kier alpha value is -1.23. The maximum Gasteiger partial charge on any atom is 0.340 e. The van der Waals surface area contributed by atoms with Crippen LogP contribution in [0.15, 0.2) is 17.0 Å². The van der Waals surface area contributed by atoms with Crippen molar-refractivity contribution in [1.82, 2.24) is 0 Å². The molecule has 0 saturated heterocycles. The molecular weight excluding hydrogens is 219 g/mol. The molecule has 15 heavy (non-hydrogen) atoms. The van der Waals surface area contributed by atoms with E-state index in [1.807, 2.05) is 0 Å². The van der Waals surface area contributed by atoms with Gasteiger partial charge in [-0.3, -0.25) is 0 Å². The molecule has 0 bridgehead atoms. The molecule has 0 aromatic heterocycles. The molecule has 1 aromatic rings. The third kappa shape index (κ3) is 2.23. The first-order valence-corrected chi connectivity index (χ1v) is 5.37. The summed E-state index contributed by atoms with van der Waals surface area (Å²) < 4.78 is 23.2. The van der Waals surface area contributed by atoms with Crippen LogP contribution in [0.5, 0.6) is 5.75 Å². The van der Waals surface area contributed by atoms with Crippen molar-refractivity contribution in [3.05, 3.63) is 23.5 Å². The van der Waals surface area contributed by atoms with Crippen molar-refractivity contribution >= 4 is 17.7 Å². The van der Waals surface area contributed by atoms with Crippen molar-refractivity contribution < 1.29 is 18.7 Å². The second-order valence-electron chi connectivity index (χ2n) is 2.65. The summed E-state index contributed by atoms with van der Waals surface area (Å²) in [5.74, 6) is -0.883. The number of methoxy groups -OCH3 is 2. The fraction of sp³-hybridized carbons (Fsp3) is 0.300. The highest BCUT2D eigenvalue weighted by molar-refractivity contribution is 7.98. The lowest BCUT2D eigenvalue weighted by Crippen LogP contribution is -2.06. The predicted octanol–water partition coefficient (Wildman–Crippen LogP) is 2.34. The number of hydrogen-bond acceptors (Lipinski definition) is 4. The van der Waals surface area contributed by atoms with Gasteiger partial charge in [-0.25, -0.2) is 9.18 Å². The number of carbonyl (C=O) groups is 1. The van der Waals surface area contributed by atoms with E-state index in [0.717, 1.165) is 0 Å². The Bertz CT molecular complexity index is 379. The number of ether oxygens (including phenoxy) is 2. The van der Waals surface area contributed by atoms with Crippen LogP contribution in [-0.4, -0.2) is 26.4 Å². The van der Waals surface area contributed by atoms with Crippen LogP contribution in [0.2, 0.25) is 0 Å². The van der Waals surface area contributed by atoms with E-state index in [1.54, 1.807) is 12.3 Å². The highest BCUT2D eigenvalue weighted by Gasteiger charge is 2.18. The predicted molar refractivity (Wildman–Crippen MR) is 56.1 cm³/mol. The molecule has 0 radical (unpaired) electrons. The van der Waals surface area contributed by atoms with Gasteiger partial charge in [0, 0.05) is 0 Å². The van der Waals surface area contributed by atoms with E-state index in [1.165, 1.54) is 32.0 Å².